The zero-order valence-electron chi connectivity index (χ0n) is 12.1. The largest absolute Gasteiger partial charge is 0.496 e. The SMILES string of the molecule is COc1ccccc1CC(NN)c1ccc(Cl)cc1OC. The van der Waals surface area contributed by atoms with Crippen LogP contribution < -0.4 is 20.7 Å². The van der Waals surface area contributed by atoms with Gasteiger partial charge in [0.2, 0.25) is 0 Å². The fraction of sp³-hybridized carbons (Fsp3) is 0.250. The summed E-state index contributed by atoms with van der Waals surface area (Å²) in [6.45, 7) is 0. The van der Waals surface area contributed by atoms with Gasteiger partial charge in [-0.1, -0.05) is 35.9 Å². The summed E-state index contributed by atoms with van der Waals surface area (Å²) >= 11 is 6.00. The van der Waals surface area contributed by atoms with E-state index in [1.54, 1.807) is 20.3 Å². The lowest BCUT2D eigenvalue weighted by atomic mass is 9.98. The Labute approximate surface area is 129 Å². The lowest BCUT2D eigenvalue weighted by molar-refractivity contribution is 0.393. The molecule has 3 N–H and O–H groups in total. The van der Waals surface area contributed by atoms with Crippen molar-refractivity contribution in [3.63, 3.8) is 0 Å². The van der Waals surface area contributed by atoms with Crippen LogP contribution in [0.4, 0.5) is 0 Å². The number of para-hydroxylation sites is 1. The number of nitrogens with two attached hydrogens (primary N) is 1. The molecule has 0 aliphatic carbocycles. The highest BCUT2D eigenvalue weighted by Crippen LogP contribution is 2.31. The standard InChI is InChI=1S/C16H19ClN2O2/c1-20-15-6-4-3-5-11(15)9-14(19-18)13-8-7-12(17)10-16(13)21-2/h3-8,10,14,19H,9,18H2,1-2H3. The molecular formula is C16H19ClN2O2. The van der Waals surface area contributed by atoms with E-state index in [2.05, 4.69) is 5.43 Å². The van der Waals surface area contributed by atoms with E-state index in [1.807, 2.05) is 36.4 Å². The zero-order valence-corrected chi connectivity index (χ0v) is 12.9. The van der Waals surface area contributed by atoms with E-state index in [4.69, 9.17) is 26.9 Å². The highest BCUT2D eigenvalue weighted by atomic mass is 35.5. The van der Waals surface area contributed by atoms with Gasteiger partial charge in [0.05, 0.1) is 20.3 Å². The molecule has 0 radical (unpaired) electrons. The van der Waals surface area contributed by atoms with Crippen LogP contribution in [0.25, 0.3) is 0 Å². The number of ether oxygens (including phenoxy) is 2. The lowest BCUT2D eigenvalue weighted by Gasteiger charge is -2.20. The average molecular weight is 307 g/mol. The third-order valence-electron chi connectivity index (χ3n) is 3.39. The zero-order chi connectivity index (χ0) is 15.2. The Bertz CT molecular complexity index is 605. The topological polar surface area (TPSA) is 56.5 Å². The number of methoxy groups -OCH3 is 2. The first-order valence-electron chi connectivity index (χ1n) is 6.61. The molecule has 0 saturated carbocycles. The second kappa shape index (κ2) is 7.31. The summed E-state index contributed by atoms with van der Waals surface area (Å²) in [5.41, 5.74) is 4.86. The molecule has 21 heavy (non-hydrogen) atoms. The Hall–Kier alpha value is -1.75. The van der Waals surface area contributed by atoms with Crippen LogP contribution in [0, 0.1) is 0 Å². The Morgan fingerprint density at radius 3 is 2.48 bits per heavy atom. The molecule has 1 atom stereocenters. The van der Waals surface area contributed by atoms with Gasteiger partial charge in [-0.15, -0.1) is 0 Å². The molecule has 0 aliphatic heterocycles. The Morgan fingerprint density at radius 1 is 1.10 bits per heavy atom. The van der Waals surface area contributed by atoms with Gasteiger partial charge < -0.3 is 9.47 Å². The van der Waals surface area contributed by atoms with Gasteiger partial charge in [-0.2, -0.15) is 0 Å². The van der Waals surface area contributed by atoms with E-state index in [-0.39, 0.29) is 6.04 Å². The van der Waals surface area contributed by atoms with E-state index in [0.29, 0.717) is 17.2 Å². The van der Waals surface area contributed by atoms with E-state index >= 15 is 0 Å². The fourth-order valence-corrected chi connectivity index (χ4v) is 2.49. The quantitative estimate of drug-likeness (QED) is 0.636. The lowest BCUT2D eigenvalue weighted by Crippen LogP contribution is -2.30. The summed E-state index contributed by atoms with van der Waals surface area (Å²) < 4.78 is 10.8. The number of benzene rings is 2. The van der Waals surface area contributed by atoms with Crippen LogP contribution >= 0.6 is 11.6 Å². The molecule has 0 fully saturated rings. The van der Waals surface area contributed by atoms with E-state index in [9.17, 15) is 0 Å². The molecule has 4 nitrogen and oxygen atoms in total. The van der Waals surface area contributed by atoms with Crippen LogP contribution in [0.2, 0.25) is 5.02 Å². The number of hydrogen-bond donors (Lipinski definition) is 2. The smallest absolute Gasteiger partial charge is 0.125 e. The van der Waals surface area contributed by atoms with Gasteiger partial charge in [0.15, 0.2) is 0 Å². The van der Waals surface area contributed by atoms with Crippen molar-refractivity contribution in [2.75, 3.05) is 14.2 Å². The molecular weight excluding hydrogens is 288 g/mol. The molecule has 2 rings (SSSR count). The van der Waals surface area contributed by atoms with Gasteiger partial charge in [0.1, 0.15) is 11.5 Å². The normalized spacial score (nSPS) is 12.0. The predicted octanol–water partition coefficient (Wildman–Crippen LogP) is 3.10. The van der Waals surface area contributed by atoms with Crippen LogP contribution in [0.1, 0.15) is 17.2 Å². The Balaban J connectivity index is 2.32. The van der Waals surface area contributed by atoms with Crippen molar-refractivity contribution >= 4 is 11.6 Å². The van der Waals surface area contributed by atoms with Crippen LogP contribution in [0.3, 0.4) is 0 Å². The number of hydrazine groups is 1. The van der Waals surface area contributed by atoms with Crippen molar-refractivity contribution in [2.24, 2.45) is 5.84 Å². The summed E-state index contributed by atoms with van der Waals surface area (Å²) in [6, 6.07) is 13.3. The maximum absolute atomic E-state index is 6.00. The summed E-state index contributed by atoms with van der Waals surface area (Å²) in [5, 5.41) is 0.628. The van der Waals surface area contributed by atoms with Crippen molar-refractivity contribution in [3.8, 4) is 11.5 Å². The van der Waals surface area contributed by atoms with Gasteiger partial charge in [-0.05, 0) is 30.2 Å². The number of hydrogen-bond acceptors (Lipinski definition) is 4. The second-order valence-electron chi connectivity index (χ2n) is 4.62. The maximum Gasteiger partial charge on any atom is 0.125 e. The van der Waals surface area contributed by atoms with E-state index in [0.717, 1.165) is 16.9 Å². The van der Waals surface area contributed by atoms with Gasteiger partial charge in [0.25, 0.3) is 0 Å². The third kappa shape index (κ3) is 3.67. The minimum Gasteiger partial charge on any atom is -0.496 e. The first-order valence-corrected chi connectivity index (χ1v) is 6.98. The van der Waals surface area contributed by atoms with E-state index < -0.39 is 0 Å². The minimum atomic E-state index is -0.103. The molecule has 0 amide bonds. The van der Waals surface area contributed by atoms with Crippen LogP contribution in [0.15, 0.2) is 42.5 Å². The minimum absolute atomic E-state index is 0.103. The third-order valence-corrected chi connectivity index (χ3v) is 3.62. The Kier molecular flexibility index (Phi) is 5.44. The molecule has 0 heterocycles. The second-order valence-corrected chi connectivity index (χ2v) is 5.06. The van der Waals surface area contributed by atoms with Crippen molar-refractivity contribution < 1.29 is 9.47 Å². The Morgan fingerprint density at radius 2 is 1.81 bits per heavy atom. The molecule has 0 spiro atoms. The molecule has 2 aromatic rings. The molecule has 0 aliphatic rings. The number of halogens is 1. The van der Waals surface area contributed by atoms with Crippen LogP contribution in [-0.2, 0) is 6.42 Å². The summed E-state index contributed by atoms with van der Waals surface area (Å²) in [6.07, 6.45) is 0.679. The molecule has 112 valence electrons. The van der Waals surface area contributed by atoms with Crippen molar-refractivity contribution in [2.45, 2.75) is 12.5 Å². The molecule has 2 aromatic carbocycles. The van der Waals surface area contributed by atoms with Crippen LogP contribution in [0.5, 0.6) is 11.5 Å². The van der Waals surface area contributed by atoms with E-state index in [1.165, 1.54) is 0 Å². The molecule has 0 saturated heterocycles. The first-order chi connectivity index (χ1) is 10.2. The van der Waals surface area contributed by atoms with Gasteiger partial charge in [0, 0.05) is 10.6 Å². The molecule has 0 bridgehead atoms. The monoisotopic (exact) mass is 306 g/mol. The molecule has 0 aromatic heterocycles. The molecule has 5 heteroatoms. The van der Waals surface area contributed by atoms with Gasteiger partial charge >= 0.3 is 0 Å². The molecule has 1 unspecified atom stereocenters. The van der Waals surface area contributed by atoms with Crippen molar-refractivity contribution in [1.29, 1.82) is 0 Å². The number of rotatable bonds is 6. The maximum atomic E-state index is 6.00. The summed E-state index contributed by atoms with van der Waals surface area (Å²) in [4.78, 5) is 0. The van der Waals surface area contributed by atoms with Gasteiger partial charge in [-0.3, -0.25) is 11.3 Å². The average Bonchev–Trinajstić information content (AvgIpc) is 2.53. The highest BCUT2D eigenvalue weighted by Gasteiger charge is 2.17. The van der Waals surface area contributed by atoms with Crippen LogP contribution in [-0.4, -0.2) is 14.2 Å². The highest BCUT2D eigenvalue weighted by molar-refractivity contribution is 6.30. The number of nitrogens with one attached hydrogen (secondary N) is 1. The van der Waals surface area contributed by atoms with Crippen molar-refractivity contribution in [3.05, 3.63) is 58.6 Å². The predicted molar refractivity (Wildman–Crippen MR) is 84.8 cm³/mol. The first kappa shape index (κ1) is 15.6. The van der Waals surface area contributed by atoms with Gasteiger partial charge in [-0.25, -0.2) is 0 Å². The summed E-state index contributed by atoms with van der Waals surface area (Å²) in [7, 11) is 3.28. The summed E-state index contributed by atoms with van der Waals surface area (Å²) in [5.74, 6) is 7.27. The fourth-order valence-electron chi connectivity index (χ4n) is 2.32. The van der Waals surface area contributed by atoms with Crippen molar-refractivity contribution in [1.82, 2.24) is 5.43 Å².